The highest BCUT2D eigenvalue weighted by Gasteiger charge is 2.06. The second-order valence-electron chi connectivity index (χ2n) is 6.65. The molecule has 3 rings (SSSR count). The van der Waals surface area contributed by atoms with Gasteiger partial charge in [-0.1, -0.05) is 24.3 Å². The number of hydrogen-bond donors (Lipinski definition) is 2. The second kappa shape index (κ2) is 8.54. The van der Waals surface area contributed by atoms with Crippen LogP contribution in [0.2, 0.25) is 0 Å². The Hall–Kier alpha value is -3.08. The van der Waals surface area contributed by atoms with E-state index >= 15 is 0 Å². The molecule has 1 heterocycles. The molecule has 140 valence electrons. The zero-order chi connectivity index (χ0) is 19.2. The van der Waals surface area contributed by atoms with E-state index in [4.69, 9.17) is 4.74 Å². The molecule has 2 aromatic carbocycles. The molecule has 0 bridgehead atoms. The summed E-state index contributed by atoms with van der Waals surface area (Å²) in [5.74, 6) is 0.783. The Morgan fingerprint density at radius 1 is 1.22 bits per heavy atom. The third-order valence-corrected chi connectivity index (χ3v) is 4.73. The Morgan fingerprint density at radius 2 is 2.04 bits per heavy atom. The molecular formula is C22H25N3O2. The van der Waals surface area contributed by atoms with Gasteiger partial charge in [-0.15, -0.1) is 0 Å². The first kappa shape index (κ1) is 18.7. The van der Waals surface area contributed by atoms with Crippen LogP contribution in [0.25, 0.3) is 10.9 Å². The monoisotopic (exact) mass is 363 g/mol. The van der Waals surface area contributed by atoms with E-state index in [0.29, 0.717) is 6.42 Å². The van der Waals surface area contributed by atoms with Crippen molar-refractivity contribution in [3.63, 3.8) is 0 Å². The van der Waals surface area contributed by atoms with E-state index in [1.807, 2.05) is 43.3 Å². The predicted octanol–water partition coefficient (Wildman–Crippen LogP) is 4.27. The summed E-state index contributed by atoms with van der Waals surface area (Å²) < 4.78 is 5.22. The predicted molar refractivity (Wildman–Crippen MR) is 109 cm³/mol. The lowest BCUT2D eigenvalue weighted by molar-refractivity contribution is -0.121. The van der Waals surface area contributed by atoms with Gasteiger partial charge in [-0.05, 0) is 56.0 Å². The molecular weight excluding hydrogens is 338 g/mol. The first-order valence-electron chi connectivity index (χ1n) is 9.11. The summed E-state index contributed by atoms with van der Waals surface area (Å²) in [7, 11) is 1.66. The Balaban J connectivity index is 1.51. The van der Waals surface area contributed by atoms with Gasteiger partial charge in [0.2, 0.25) is 5.91 Å². The van der Waals surface area contributed by atoms with Crippen LogP contribution < -0.4 is 10.2 Å². The van der Waals surface area contributed by atoms with Crippen LogP contribution in [0.1, 0.15) is 35.2 Å². The Kier molecular flexibility index (Phi) is 5.91. The number of methoxy groups -OCH3 is 1. The minimum atomic E-state index is -0.0742. The topological polar surface area (TPSA) is 66.5 Å². The molecule has 0 unspecified atom stereocenters. The van der Waals surface area contributed by atoms with E-state index < -0.39 is 0 Å². The molecule has 0 aliphatic rings. The second-order valence-corrected chi connectivity index (χ2v) is 6.65. The van der Waals surface area contributed by atoms with Gasteiger partial charge in [0, 0.05) is 28.6 Å². The van der Waals surface area contributed by atoms with Crippen molar-refractivity contribution in [3.8, 4) is 5.75 Å². The maximum atomic E-state index is 12.0. The molecule has 0 aliphatic heterocycles. The lowest BCUT2D eigenvalue weighted by Crippen LogP contribution is -2.17. The molecule has 0 spiro atoms. The highest BCUT2D eigenvalue weighted by molar-refractivity contribution is 6.00. The van der Waals surface area contributed by atoms with E-state index in [-0.39, 0.29) is 5.91 Å². The van der Waals surface area contributed by atoms with Crippen molar-refractivity contribution >= 4 is 23.0 Å². The van der Waals surface area contributed by atoms with Gasteiger partial charge < -0.3 is 9.72 Å². The van der Waals surface area contributed by atoms with Crippen LogP contribution in [0.3, 0.4) is 0 Å². The van der Waals surface area contributed by atoms with Crippen LogP contribution in [-0.2, 0) is 11.2 Å². The lowest BCUT2D eigenvalue weighted by atomic mass is 10.0. The minimum Gasteiger partial charge on any atom is -0.497 e. The molecule has 5 heteroatoms. The van der Waals surface area contributed by atoms with Crippen molar-refractivity contribution in [3.05, 3.63) is 64.8 Å². The number of rotatable bonds is 7. The molecule has 0 aliphatic carbocycles. The average Bonchev–Trinajstić information content (AvgIpc) is 2.98. The Labute approximate surface area is 159 Å². The molecule has 3 aromatic rings. The SMILES string of the molecule is COc1ccc(CCCC(=O)N/N=C\c2c(C)[nH]c3ccccc23)c(C)c1. The summed E-state index contributed by atoms with van der Waals surface area (Å²) in [6, 6.07) is 14.1. The highest BCUT2D eigenvalue weighted by Crippen LogP contribution is 2.20. The molecule has 1 amide bonds. The standard InChI is InChI=1S/C22H25N3O2/c1-15-13-18(27-3)12-11-17(15)7-6-10-22(26)25-23-14-20-16(2)24-21-9-5-4-8-19(20)21/h4-5,8-9,11-14,24H,6-7,10H2,1-3H3,(H,25,26)/b23-14-. The number of hydrazone groups is 1. The highest BCUT2D eigenvalue weighted by atomic mass is 16.5. The molecule has 0 radical (unpaired) electrons. The molecule has 2 N–H and O–H groups in total. The number of fused-ring (bicyclic) bond motifs is 1. The van der Waals surface area contributed by atoms with Crippen LogP contribution in [0.4, 0.5) is 0 Å². The van der Waals surface area contributed by atoms with Crippen LogP contribution in [0, 0.1) is 13.8 Å². The minimum absolute atomic E-state index is 0.0742. The zero-order valence-corrected chi connectivity index (χ0v) is 16.0. The number of hydrogen-bond acceptors (Lipinski definition) is 3. The fraction of sp³-hybridized carbons (Fsp3) is 0.273. The molecule has 27 heavy (non-hydrogen) atoms. The van der Waals surface area contributed by atoms with Crippen molar-refractivity contribution in [2.45, 2.75) is 33.1 Å². The van der Waals surface area contributed by atoms with E-state index in [0.717, 1.165) is 40.8 Å². The number of aromatic amines is 1. The van der Waals surface area contributed by atoms with E-state index in [9.17, 15) is 4.79 Å². The summed E-state index contributed by atoms with van der Waals surface area (Å²) in [5.41, 5.74) is 8.15. The van der Waals surface area contributed by atoms with Gasteiger partial charge >= 0.3 is 0 Å². The summed E-state index contributed by atoms with van der Waals surface area (Å²) in [6.45, 7) is 4.06. The first-order valence-corrected chi connectivity index (χ1v) is 9.11. The van der Waals surface area contributed by atoms with Crippen LogP contribution in [0.15, 0.2) is 47.6 Å². The van der Waals surface area contributed by atoms with Crippen molar-refractivity contribution in [2.24, 2.45) is 5.10 Å². The number of carbonyl (C=O) groups is 1. The Morgan fingerprint density at radius 3 is 2.81 bits per heavy atom. The largest absolute Gasteiger partial charge is 0.497 e. The quantitative estimate of drug-likeness (QED) is 0.486. The van der Waals surface area contributed by atoms with Crippen molar-refractivity contribution in [1.82, 2.24) is 10.4 Å². The fourth-order valence-electron chi connectivity index (χ4n) is 3.20. The Bertz CT molecular complexity index is 973. The number of benzene rings is 2. The number of aryl methyl sites for hydroxylation is 3. The van der Waals surface area contributed by atoms with Gasteiger partial charge in [-0.3, -0.25) is 4.79 Å². The van der Waals surface area contributed by atoms with E-state index in [1.165, 1.54) is 11.1 Å². The average molecular weight is 363 g/mol. The van der Waals surface area contributed by atoms with E-state index in [1.54, 1.807) is 13.3 Å². The number of nitrogens with zero attached hydrogens (tertiary/aromatic N) is 1. The third kappa shape index (κ3) is 4.56. The van der Waals surface area contributed by atoms with Gasteiger partial charge in [0.15, 0.2) is 0 Å². The van der Waals surface area contributed by atoms with Crippen molar-refractivity contribution in [1.29, 1.82) is 0 Å². The van der Waals surface area contributed by atoms with Crippen molar-refractivity contribution in [2.75, 3.05) is 7.11 Å². The van der Waals surface area contributed by atoms with Crippen molar-refractivity contribution < 1.29 is 9.53 Å². The van der Waals surface area contributed by atoms with Crippen LogP contribution in [0.5, 0.6) is 5.75 Å². The maximum absolute atomic E-state index is 12.0. The summed E-state index contributed by atoms with van der Waals surface area (Å²) in [4.78, 5) is 15.4. The summed E-state index contributed by atoms with van der Waals surface area (Å²) in [5, 5.41) is 5.23. The van der Waals surface area contributed by atoms with Gasteiger partial charge in [0.25, 0.3) is 0 Å². The number of para-hydroxylation sites is 1. The van der Waals surface area contributed by atoms with Crippen LogP contribution >= 0.6 is 0 Å². The molecule has 5 nitrogen and oxygen atoms in total. The van der Waals surface area contributed by atoms with Crippen LogP contribution in [-0.4, -0.2) is 24.2 Å². The molecule has 0 fully saturated rings. The fourth-order valence-corrected chi connectivity index (χ4v) is 3.20. The molecule has 0 saturated carbocycles. The lowest BCUT2D eigenvalue weighted by Gasteiger charge is -2.07. The molecule has 0 saturated heterocycles. The smallest absolute Gasteiger partial charge is 0.240 e. The number of carbonyl (C=O) groups excluding carboxylic acids is 1. The van der Waals surface area contributed by atoms with Gasteiger partial charge in [-0.2, -0.15) is 5.10 Å². The number of aromatic nitrogens is 1. The number of nitrogens with one attached hydrogen (secondary N) is 2. The normalized spacial score (nSPS) is 11.2. The summed E-state index contributed by atoms with van der Waals surface area (Å²) in [6.07, 6.45) is 3.78. The first-order chi connectivity index (χ1) is 13.1. The molecule has 0 atom stereocenters. The molecule has 1 aromatic heterocycles. The number of H-pyrrole nitrogens is 1. The third-order valence-electron chi connectivity index (χ3n) is 4.73. The number of amides is 1. The van der Waals surface area contributed by atoms with E-state index in [2.05, 4.69) is 28.5 Å². The number of ether oxygens (including phenoxy) is 1. The van der Waals surface area contributed by atoms with Gasteiger partial charge in [0.05, 0.1) is 13.3 Å². The van der Waals surface area contributed by atoms with Gasteiger partial charge in [-0.25, -0.2) is 5.43 Å². The summed E-state index contributed by atoms with van der Waals surface area (Å²) >= 11 is 0. The van der Waals surface area contributed by atoms with Gasteiger partial charge in [0.1, 0.15) is 5.75 Å². The zero-order valence-electron chi connectivity index (χ0n) is 16.0. The maximum Gasteiger partial charge on any atom is 0.240 e.